The zero-order valence-corrected chi connectivity index (χ0v) is 11.5. The first-order valence-corrected chi connectivity index (χ1v) is 7.29. The number of aryl methyl sites for hydroxylation is 1. The summed E-state index contributed by atoms with van der Waals surface area (Å²) in [5.74, 6) is 0.628. The van der Waals surface area contributed by atoms with E-state index in [1.807, 2.05) is 0 Å². The summed E-state index contributed by atoms with van der Waals surface area (Å²) in [6.07, 6.45) is 9.49. The van der Waals surface area contributed by atoms with Crippen LogP contribution in [0.3, 0.4) is 0 Å². The fraction of sp³-hybridized carbons (Fsp3) is 0.714. The van der Waals surface area contributed by atoms with Gasteiger partial charge in [0.15, 0.2) is 5.82 Å². The van der Waals surface area contributed by atoms with E-state index in [9.17, 15) is 4.79 Å². The van der Waals surface area contributed by atoms with Crippen LogP contribution in [-0.4, -0.2) is 34.7 Å². The Hall–Kier alpha value is -1.36. The molecule has 1 N–H and O–H groups in total. The van der Waals surface area contributed by atoms with Gasteiger partial charge in [-0.3, -0.25) is 4.79 Å². The van der Waals surface area contributed by atoms with Gasteiger partial charge in [0.05, 0.1) is 0 Å². The van der Waals surface area contributed by atoms with Crippen LogP contribution in [0.4, 0.5) is 5.82 Å². The minimum atomic E-state index is 0.0207. The van der Waals surface area contributed by atoms with Gasteiger partial charge in [-0.25, -0.2) is 4.98 Å². The van der Waals surface area contributed by atoms with Crippen LogP contribution in [0.15, 0.2) is 17.2 Å². The lowest BCUT2D eigenvalue weighted by Gasteiger charge is -2.39. The van der Waals surface area contributed by atoms with E-state index in [1.54, 1.807) is 24.0 Å². The van der Waals surface area contributed by atoms with Crippen molar-refractivity contribution in [2.75, 3.05) is 18.0 Å². The number of hydrogen-bond acceptors (Lipinski definition) is 4. The Morgan fingerprint density at radius 2 is 2.21 bits per heavy atom. The van der Waals surface area contributed by atoms with Gasteiger partial charge in [0, 0.05) is 38.1 Å². The van der Waals surface area contributed by atoms with Crippen molar-refractivity contribution in [3.63, 3.8) is 0 Å². The van der Waals surface area contributed by atoms with E-state index >= 15 is 0 Å². The highest BCUT2D eigenvalue weighted by Crippen LogP contribution is 2.26. The zero-order chi connectivity index (χ0) is 13.2. The standard InChI is InChI=1S/C14H22N4O/c1-17-10-8-16-13(14(17)19)18-9-3-2-6-12(18)11-5-4-7-15-11/h8,10-12,15H,2-7,9H2,1H3. The number of anilines is 1. The Labute approximate surface area is 113 Å². The van der Waals surface area contributed by atoms with Crippen molar-refractivity contribution in [2.24, 2.45) is 7.05 Å². The number of aromatic nitrogens is 2. The summed E-state index contributed by atoms with van der Waals surface area (Å²) in [7, 11) is 1.79. The van der Waals surface area contributed by atoms with Crippen LogP contribution < -0.4 is 15.8 Å². The van der Waals surface area contributed by atoms with Crippen LogP contribution in [0.25, 0.3) is 0 Å². The van der Waals surface area contributed by atoms with Gasteiger partial charge in [0.2, 0.25) is 0 Å². The van der Waals surface area contributed by atoms with E-state index in [-0.39, 0.29) is 5.56 Å². The number of piperidine rings is 1. The summed E-state index contributed by atoms with van der Waals surface area (Å²) in [4.78, 5) is 18.9. The molecule has 3 rings (SSSR count). The minimum Gasteiger partial charge on any atom is -0.347 e. The van der Waals surface area contributed by atoms with E-state index < -0.39 is 0 Å². The first-order valence-electron chi connectivity index (χ1n) is 7.29. The molecule has 1 aromatic heterocycles. The predicted octanol–water partition coefficient (Wildman–Crippen LogP) is 0.891. The predicted molar refractivity (Wildman–Crippen MR) is 75.5 cm³/mol. The van der Waals surface area contributed by atoms with Crippen molar-refractivity contribution < 1.29 is 0 Å². The minimum absolute atomic E-state index is 0.0207. The molecule has 5 heteroatoms. The highest BCUT2D eigenvalue weighted by molar-refractivity contribution is 5.38. The Morgan fingerprint density at radius 3 is 3.00 bits per heavy atom. The van der Waals surface area contributed by atoms with Crippen LogP contribution in [0, 0.1) is 0 Å². The molecule has 5 nitrogen and oxygen atoms in total. The molecule has 2 atom stereocenters. The molecule has 0 amide bonds. The average Bonchev–Trinajstić information content (AvgIpc) is 2.96. The largest absolute Gasteiger partial charge is 0.347 e. The molecule has 2 fully saturated rings. The lowest BCUT2D eigenvalue weighted by molar-refractivity contribution is 0.374. The molecule has 3 heterocycles. The molecule has 2 aliphatic heterocycles. The summed E-state index contributed by atoms with van der Waals surface area (Å²) in [5.41, 5.74) is 0.0207. The maximum absolute atomic E-state index is 12.3. The van der Waals surface area contributed by atoms with Crippen LogP contribution in [0.2, 0.25) is 0 Å². The monoisotopic (exact) mass is 262 g/mol. The Balaban J connectivity index is 1.91. The van der Waals surface area contributed by atoms with Crippen LogP contribution in [0.5, 0.6) is 0 Å². The van der Waals surface area contributed by atoms with Crippen molar-refractivity contribution in [1.82, 2.24) is 14.9 Å². The van der Waals surface area contributed by atoms with E-state index in [4.69, 9.17) is 0 Å². The third-order valence-corrected chi connectivity index (χ3v) is 4.38. The lowest BCUT2D eigenvalue weighted by atomic mass is 9.94. The third kappa shape index (κ3) is 2.39. The average molecular weight is 262 g/mol. The highest BCUT2D eigenvalue weighted by atomic mass is 16.1. The summed E-state index contributed by atoms with van der Waals surface area (Å²) in [5, 5.41) is 3.58. The molecule has 0 radical (unpaired) electrons. The summed E-state index contributed by atoms with van der Waals surface area (Å²) >= 11 is 0. The molecule has 2 saturated heterocycles. The van der Waals surface area contributed by atoms with E-state index in [0.717, 1.165) is 25.9 Å². The Morgan fingerprint density at radius 1 is 1.32 bits per heavy atom. The molecule has 0 aromatic carbocycles. The van der Waals surface area contributed by atoms with Gasteiger partial charge in [-0.15, -0.1) is 0 Å². The number of hydrogen-bond donors (Lipinski definition) is 1. The van der Waals surface area contributed by atoms with Crippen molar-refractivity contribution in [1.29, 1.82) is 0 Å². The molecule has 2 aliphatic rings. The quantitative estimate of drug-likeness (QED) is 0.860. The smallest absolute Gasteiger partial charge is 0.293 e. The molecular formula is C14H22N4O. The number of nitrogens with zero attached hydrogens (tertiary/aromatic N) is 3. The van der Waals surface area contributed by atoms with Crippen molar-refractivity contribution in [3.05, 3.63) is 22.7 Å². The molecule has 0 spiro atoms. The summed E-state index contributed by atoms with van der Waals surface area (Å²) in [6, 6.07) is 0.950. The van der Waals surface area contributed by atoms with Gasteiger partial charge in [0.1, 0.15) is 0 Å². The maximum atomic E-state index is 12.3. The fourth-order valence-corrected chi connectivity index (χ4v) is 3.36. The molecular weight excluding hydrogens is 240 g/mol. The molecule has 0 bridgehead atoms. The molecule has 2 unspecified atom stereocenters. The summed E-state index contributed by atoms with van der Waals surface area (Å²) < 4.78 is 1.62. The topological polar surface area (TPSA) is 50.2 Å². The second-order valence-electron chi connectivity index (χ2n) is 5.63. The van der Waals surface area contributed by atoms with Crippen molar-refractivity contribution in [2.45, 2.75) is 44.2 Å². The SMILES string of the molecule is Cn1ccnc(N2CCCCC2C2CCCN2)c1=O. The molecule has 104 valence electrons. The Bertz CT molecular complexity index is 492. The first kappa shape index (κ1) is 12.7. The highest BCUT2D eigenvalue weighted by Gasteiger charge is 2.33. The second kappa shape index (κ2) is 5.33. The molecule has 1 aromatic rings. The molecule has 0 aliphatic carbocycles. The zero-order valence-electron chi connectivity index (χ0n) is 11.5. The van der Waals surface area contributed by atoms with E-state index in [0.29, 0.717) is 17.9 Å². The second-order valence-corrected chi connectivity index (χ2v) is 5.63. The Kier molecular flexibility index (Phi) is 3.55. The molecule has 19 heavy (non-hydrogen) atoms. The number of rotatable bonds is 2. The van der Waals surface area contributed by atoms with Crippen LogP contribution >= 0.6 is 0 Å². The lowest BCUT2D eigenvalue weighted by Crippen LogP contribution is -2.52. The van der Waals surface area contributed by atoms with E-state index in [2.05, 4.69) is 15.2 Å². The maximum Gasteiger partial charge on any atom is 0.293 e. The van der Waals surface area contributed by atoms with Gasteiger partial charge in [-0.05, 0) is 38.6 Å². The van der Waals surface area contributed by atoms with E-state index in [1.165, 1.54) is 19.3 Å². The van der Waals surface area contributed by atoms with Crippen molar-refractivity contribution >= 4 is 5.82 Å². The van der Waals surface area contributed by atoms with Gasteiger partial charge in [-0.1, -0.05) is 0 Å². The molecule has 0 saturated carbocycles. The third-order valence-electron chi connectivity index (χ3n) is 4.38. The van der Waals surface area contributed by atoms with Gasteiger partial charge in [-0.2, -0.15) is 0 Å². The van der Waals surface area contributed by atoms with Gasteiger partial charge in [0.25, 0.3) is 5.56 Å². The van der Waals surface area contributed by atoms with Crippen LogP contribution in [-0.2, 0) is 7.05 Å². The summed E-state index contributed by atoms with van der Waals surface area (Å²) in [6.45, 7) is 2.06. The van der Waals surface area contributed by atoms with Crippen LogP contribution in [0.1, 0.15) is 32.1 Å². The normalized spacial score (nSPS) is 27.7. The first-order chi connectivity index (χ1) is 9.27. The van der Waals surface area contributed by atoms with Gasteiger partial charge < -0.3 is 14.8 Å². The number of nitrogens with one attached hydrogen (secondary N) is 1. The fourth-order valence-electron chi connectivity index (χ4n) is 3.36. The van der Waals surface area contributed by atoms with Crippen molar-refractivity contribution in [3.8, 4) is 0 Å². The van der Waals surface area contributed by atoms with Gasteiger partial charge >= 0.3 is 0 Å².